The molecule has 3 aromatic rings. The molecule has 28 heavy (non-hydrogen) atoms. The van der Waals surface area contributed by atoms with Crippen LogP contribution in [0.25, 0.3) is 0 Å². The lowest BCUT2D eigenvalue weighted by Crippen LogP contribution is -2.14. The summed E-state index contributed by atoms with van der Waals surface area (Å²) in [7, 11) is 0. The fourth-order valence-electron chi connectivity index (χ4n) is 2.92. The minimum absolute atomic E-state index is 0.146. The Morgan fingerprint density at radius 1 is 0.857 bits per heavy atom. The van der Waals surface area contributed by atoms with E-state index in [0.29, 0.717) is 12.2 Å². The molecule has 0 saturated carbocycles. The minimum Gasteiger partial charge on any atom is -0.454 e. The molecule has 1 heterocycles. The molecule has 2 N–H and O–H groups in total. The molecule has 0 aliphatic carbocycles. The Morgan fingerprint density at radius 3 is 2.32 bits per heavy atom. The van der Waals surface area contributed by atoms with E-state index < -0.39 is 0 Å². The van der Waals surface area contributed by atoms with Gasteiger partial charge in [0.15, 0.2) is 11.5 Å². The van der Waals surface area contributed by atoms with Crippen molar-refractivity contribution >= 4 is 17.3 Å². The molecule has 0 spiro atoms. The molecule has 0 aromatic heterocycles. The van der Waals surface area contributed by atoms with Gasteiger partial charge in [0.1, 0.15) is 5.82 Å². The van der Waals surface area contributed by atoms with Crippen LogP contribution in [0.4, 0.5) is 15.8 Å². The van der Waals surface area contributed by atoms with Gasteiger partial charge >= 0.3 is 0 Å². The molecule has 0 atom stereocenters. The van der Waals surface area contributed by atoms with Gasteiger partial charge in [-0.3, -0.25) is 4.79 Å². The number of nitrogens with one attached hydrogen (secondary N) is 2. The van der Waals surface area contributed by atoms with Gasteiger partial charge in [0.25, 0.3) is 0 Å². The first-order valence-electron chi connectivity index (χ1n) is 8.92. The van der Waals surface area contributed by atoms with Gasteiger partial charge < -0.3 is 20.1 Å². The summed E-state index contributed by atoms with van der Waals surface area (Å²) in [5.74, 6) is 1.07. The molecular weight excluding hydrogens is 359 g/mol. The fourth-order valence-corrected chi connectivity index (χ4v) is 2.92. The number of rotatable bonds is 6. The Hall–Kier alpha value is -3.54. The summed E-state index contributed by atoms with van der Waals surface area (Å²) >= 11 is 0. The van der Waals surface area contributed by atoms with Crippen LogP contribution >= 0.6 is 0 Å². The van der Waals surface area contributed by atoms with Gasteiger partial charge in [0.2, 0.25) is 12.7 Å². The molecule has 1 aliphatic rings. The van der Waals surface area contributed by atoms with Crippen molar-refractivity contribution in [2.24, 2.45) is 0 Å². The number of ether oxygens (including phenoxy) is 2. The molecule has 6 heteroatoms. The number of hydrogen-bond acceptors (Lipinski definition) is 4. The Bertz CT molecular complexity index is 972. The van der Waals surface area contributed by atoms with Crippen LogP contribution in [0.3, 0.4) is 0 Å². The lowest BCUT2D eigenvalue weighted by molar-refractivity contribution is -0.115. The zero-order valence-corrected chi connectivity index (χ0v) is 15.1. The quantitative estimate of drug-likeness (QED) is 0.670. The predicted octanol–water partition coefficient (Wildman–Crippen LogP) is 4.35. The van der Waals surface area contributed by atoms with Gasteiger partial charge in [-0.15, -0.1) is 0 Å². The third-order valence-corrected chi connectivity index (χ3v) is 4.38. The smallest absolute Gasteiger partial charge is 0.231 e. The van der Waals surface area contributed by atoms with Gasteiger partial charge in [0, 0.05) is 17.9 Å². The summed E-state index contributed by atoms with van der Waals surface area (Å²) in [5.41, 5.74) is 3.50. The first kappa shape index (κ1) is 17.9. The molecule has 1 aliphatic heterocycles. The van der Waals surface area contributed by atoms with Gasteiger partial charge in [-0.2, -0.15) is 0 Å². The van der Waals surface area contributed by atoms with E-state index >= 15 is 0 Å². The zero-order chi connectivity index (χ0) is 19.3. The molecule has 0 radical (unpaired) electrons. The highest BCUT2D eigenvalue weighted by Crippen LogP contribution is 2.32. The Morgan fingerprint density at radius 2 is 1.54 bits per heavy atom. The van der Waals surface area contributed by atoms with E-state index in [1.807, 2.05) is 42.5 Å². The predicted molar refractivity (Wildman–Crippen MR) is 105 cm³/mol. The van der Waals surface area contributed by atoms with E-state index in [1.165, 1.54) is 12.1 Å². The van der Waals surface area contributed by atoms with E-state index in [4.69, 9.17) is 9.47 Å². The van der Waals surface area contributed by atoms with Gasteiger partial charge in [-0.25, -0.2) is 4.39 Å². The van der Waals surface area contributed by atoms with Gasteiger partial charge in [-0.05, 0) is 59.7 Å². The average molecular weight is 378 g/mol. The highest BCUT2D eigenvalue weighted by molar-refractivity contribution is 5.92. The van der Waals surface area contributed by atoms with Crippen molar-refractivity contribution in [1.82, 2.24) is 0 Å². The highest BCUT2D eigenvalue weighted by atomic mass is 19.1. The summed E-state index contributed by atoms with van der Waals surface area (Å²) in [5, 5.41) is 6.18. The maximum atomic E-state index is 12.9. The van der Waals surface area contributed by atoms with Crippen LogP contribution in [0.2, 0.25) is 0 Å². The number of benzene rings is 3. The number of carbonyl (C=O) groups is 1. The molecule has 0 fully saturated rings. The van der Waals surface area contributed by atoms with Crippen molar-refractivity contribution in [2.45, 2.75) is 13.0 Å². The fraction of sp³-hybridized carbons (Fsp3) is 0.136. The first-order valence-corrected chi connectivity index (χ1v) is 8.92. The van der Waals surface area contributed by atoms with Crippen molar-refractivity contribution in [2.75, 3.05) is 17.4 Å². The second kappa shape index (κ2) is 8.00. The van der Waals surface area contributed by atoms with Gasteiger partial charge in [0.05, 0.1) is 6.42 Å². The lowest BCUT2D eigenvalue weighted by Gasteiger charge is -2.09. The Balaban J connectivity index is 1.29. The van der Waals surface area contributed by atoms with E-state index in [1.54, 1.807) is 12.1 Å². The van der Waals surface area contributed by atoms with Crippen molar-refractivity contribution in [3.63, 3.8) is 0 Å². The van der Waals surface area contributed by atoms with Crippen molar-refractivity contribution < 1.29 is 18.7 Å². The summed E-state index contributed by atoms with van der Waals surface area (Å²) in [6.45, 7) is 0.910. The molecule has 0 unspecified atom stereocenters. The van der Waals surface area contributed by atoms with Gasteiger partial charge in [-0.1, -0.05) is 18.2 Å². The number of anilines is 2. The average Bonchev–Trinajstić information content (AvgIpc) is 3.17. The van der Waals surface area contributed by atoms with E-state index in [9.17, 15) is 9.18 Å². The van der Waals surface area contributed by atoms with Crippen LogP contribution in [0.5, 0.6) is 11.5 Å². The number of fused-ring (bicyclic) bond motifs is 1. The lowest BCUT2D eigenvalue weighted by atomic mass is 10.1. The summed E-state index contributed by atoms with van der Waals surface area (Å²) < 4.78 is 23.6. The Labute approximate surface area is 162 Å². The van der Waals surface area contributed by atoms with Crippen LogP contribution in [-0.4, -0.2) is 12.7 Å². The number of hydrogen-bond donors (Lipinski definition) is 2. The normalized spacial score (nSPS) is 11.9. The van der Waals surface area contributed by atoms with Crippen LogP contribution in [0.1, 0.15) is 11.1 Å². The van der Waals surface area contributed by atoms with E-state index in [-0.39, 0.29) is 24.9 Å². The number of halogens is 1. The summed E-state index contributed by atoms with van der Waals surface area (Å²) in [6.07, 6.45) is 0.199. The van der Waals surface area contributed by atoms with Crippen molar-refractivity contribution in [3.05, 3.63) is 83.7 Å². The van der Waals surface area contributed by atoms with E-state index in [0.717, 1.165) is 28.3 Å². The van der Waals surface area contributed by atoms with Crippen molar-refractivity contribution in [3.8, 4) is 11.5 Å². The van der Waals surface area contributed by atoms with Crippen LogP contribution in [0, 0.1) is 5.82 Å². The minimum atomic E-state index is -0.312. The standard InChI is InChI=1S/C22H19FN2O3/c23-17-4-1-15(2-5-17)12-22(26)25-19-8-6-18(7-9-19)24-13-16-3-10-20-21(11-16)28-14-27-20/h1-11,24H,12-14H2,(H,25,26). The maximum absolute atomic E-state index is 12.9. The summed E-state index contributed by atoms with van der Waals surface area (Å²) in [4.78, 5) is 12.1. The maximum Gasteiger partial charge on any atom is 0.231 e. The third kappa shape index (κ3) is 4.40. The molecule has 4 rings (SSSR count). The molecule has 0 bridgehead atoms. The molecule has 142 valence electrons. The second-order valence-corrected chi connectivity index (χ2v) is 6.47. The topological polar surface area (TPSA) is 59.6 Å². The molecule has 0 saturated heterocycles. The molecule has 5 nitrogen and oxygen atoms in total. The monoisotopic (exact) mass is 378 g/mol. The number of carbonyl (C=O) groups excluding carboxylic acids is 1. The third-order valence-electron chi connectivity index (χ3n) is 4.38. The largest absolute Gasteiger partial charge is 0.454 e. The second-order valence-electron chi connectivity index (χ2n) is 6.47. The van der Waals surface area contributed by atoms with Crippen molar-refractivity contribution in [1.29, 1.82) is 0 Å². The Kier molecular flexibility index (Phi) is 5.10. The molecular formula is C22H19FN2O3. The van der Waals surface area contributed by atoms with Crippen LogP contribution < -0.4 is 20.1 Å². The highest BCUT2D eigenvalue weighted by Gasteiger charge is 2.13. The zero-order valence-electron chi connectivity index (χ0n) is 15.1. The van der Waals surface area contributed by atoms with Crippen LogP contribution in [-0.2, 0) is 17.8 Å². The SMILES string of the molecule is O=C(Cc1ccc(F)cc1)Nc1ccc(NCc2ccc3c(c2)OCO3)cc1. The molecule has 3 aromatic carbocycles. The first-order chi connectivity index (χ1) is 13.7. The van der Waals surface area contributed by atoms with E-state index in [2.05, 4.69) is 10.6 Å². The molecule has 1 amide bonds. The number of amides is 1. The summed E-state index contributed by atoms with van der Waals surface area (Å²) in [6, 6.07) is 19.3. The van der Waals surface area contributed by atoms with Crippen LogP contribution in [0.15, 0.2) is 66.7 Å².